The SMILES string of the molecule is Cc1ccc(N(Cc2cc3ccccc3[nH]c2=O)C(=O)c2ccccc2C)c(C)c1. The minimum atomic E-state index is -0.180. The fourth-order valence-electron chi connectivity index (χ4n) is 3.81. The quantitative estimate of drug-likeness (QED) is 0.509. The summed E-state index contributed by atoms with van der Waals surface area (Å²) >= 11 is 0. The Hall–Kier alpha value is -3.66. The lowest BCUT2D eigenvalue weighted by Gasteiger charge is -2.25. The molecule has 0 saturated carbocycles. The van der Waals surface area contributed by atoms with Crippen molar-refractivity contribution in [2.24, 2.45) is 0 Å². The highest BCUT2D eigenvalue weighted by atomic mass is 16.2. The largest absolute Gasteiger partial charge is 0.322 e. The van der Waals surface area contributed by atoms with Crippen molar-refractivity contribution in [3.8, 4) is 0 Å². The molecule has 4 nitrogen and oxygen atoms in total. The van der Waals surface area contributed by atoms with Gasteiger partial charge in [-0.1, -0.05) is 54.1 Å². The van der Waals surface area contributed by atoms with Crippen molar-refractivity contribution in [1.82, 2.24) is 4.98 Å². The van der Waals surface area contributed by atoms with Crippen molar-refractivity contribution in [1.29, 1.82) is 0 Å². The standard InChI is InChI=1S/C26H24N2O2/c1-17-12-13-24(19(3)14-17)28(26(30)22-10-6-4-8-18(22)2)16-21-15-20-9-5-7-11-23(20)27-25(21)29/h4-15H,16H2,1-3H3,(H,27,29). The first kappa shape index (κ1) is 19.6. The smallest absolute Gasteiger partial charge is 0.258 e. The van der Waals surface area contributed by atoms with Crippen LogP contribution in [0, 0.1) is 20.8 Å². The van der Waals surface area contributed by atoms with E-state index in [1.165, 1.54) is 0 Å². The van der Waals surface area contributed by atoms with E-state index in [1.807, 2.05) is 87.5 Å². The molecule has 1 amide bonds. The second-order valence-electron chi connectivity index (χ2n) is 7.71. The zero-order valence-electron chi connectivity index (χ0n) is 17.4. The zero-order chi connectivity index (χ0) is 21.3. The van der Waals surface area contributed by atoms with E-state index < -0.39 is 0 Å². The van der Waals surface area contributed by atoms with Gasteiger partial charge in [-0.3, -0.25) is 9.59 Å². The molecule has 0 fully saturated rings. The Balaban J connectivity index is 1.83. The molecule has 4 rings (SSSR count). The van der Waals surface area contributed by atoms with Crippen LogP contribution < -0.4 is 10.5 Å². The molecule has 1 heterocycles. The lowest BCUT2D eigenvalue weighted by atomic mass is 10.0. The number of carbonyl (C=O) groups excluding carboxylic acids is 1. The summed E-state index contributed by atoms with van der Waals surface area (Å²) in [4.78, 5) is 31.0. The summed E-state index contributed by atoms with van der Waals surface area (Å²) in [6.45, 7) is 6.14. The average Bonchev–Trinajstić information content (AvgIpc) is 2.72. The van der Waals surface area contributed by atoms with Gasteiger partial charge in [-0.2, -0.15) is 0 Å². The van der Waals surface area contributed by atoms with Gasteiger partial charge in [-0.05, 0) is 61.5 Å². The molecule has 0 unspecified atom stereocenters. The Morgan fingerprint density at radius 1 is 0.867 bits per heavy atom. The maximum absolute atomic E-state index is 13.6. The third-order valence-electron chi connectivity index (χ3n) is 5.42. The third kappa shape index (κ3) is 3.77. The van der Waals surface area contributed by atoms with Gasteiger partial charge in [0.05, 0.1) is 6.54 Å². The number of pyridine rings is 1. The Labute approximate surface area is 175 Å². The highest BCUT2D eigenvalue weighted by molar-refractivity contribution is 6.07. The number of fused-ring (bicyclic) bond motifs is 1. The summed E-state index contributed by atoms with van der Waals surface area (Å²) in [6.07, 6.45) is 0. The first-order valence-corrected chi connectivity index (χ1v) is 10.00. The first-order valence-electron chi connectivity index (χ1n) is 10.00. The summed E-state index contributed by atoms with van der Waals surface area (Å²) < 4.78 is 0. The third-order valence-corrected chi connectivity index (χ3v) is 5.42. The van der Waals surface area contributed by atoms with Crippen LogP contribution in [0.15, 0.2) is 77.6 Å². The number of H-pyrrole nitrogens is 1. The van der Waals surface area contributed by atoms with E-state index in [0.29, 0.717) is 11.1 Å². The fraction of sp³-hybridized carbons (Fsp3) is 0.154. The molecule has 4 heteroatoms. The van der Waals surface area contributed by atoms with Gasteiger partial charge < -0.3 is 9.88 Å². The van der Waals surface area contributed by atoms with Gasteiger partial charge in [0.25, 0.3) is 11.5 Å². The number of aromatic nitrogens is 1. The van der Waals surface area contributed by atoms with Crippen LogP contribution in [-0.4, -0.2) is 10.9 Å². The number of hydrogen-bond donors (Lipinski definition) is 1. The lowest BCUT2D eigenvalue weighted by molar-refractivity contribution is 0.0984. The molecule has 1 N–H and O–H groups in total. The molecular formula is C26H24N2O2. The molecule has 0 aliphatic rings. The number of benzene rings is 3. The molecule has 0 spiro atoms. The molecule has 0 bridgehead atoms. The van der Waals surface area contributed by atoms with E-state index in [4.69, 9.17) is 0 Å². The number of rotatable bonds is 4. The van der Waals surface area contributed by atoms with Gasteiger partial charge >= 0.3 is 0 Å². The number of anilines is 1. The number of amides is 1. The normalized spacial score (nSPS) is 10.9. The summed E-state index contributed by atoms with van der Waals surface area (Å²) in [5, 5.41) is 0.941. The molecule has 0 radical (unpaired) electrons. The molecule has 30 heavy (non-hydrogen) atoms. The number of nitrogens with one attached hydrogen (secondary N) is 1. The molecule has 0 saturated heterocycles. The van der Waals surface area contributed by atoms with Crippen molar-refractivity contribution < 1.29 is 4.79 Å². The van der Waals surface area contributed by atoms with Crippen LogP contribution in [0.5, 0.6) is 0 Å². The fourth-order valence-corrected chi connectivity index (χ4v) is 3.81. The number of aromatic amines is 1. The van der Waals surface area contributed by atoms with Crippen LogP contribution in [0.3, 0.4) is 0 Å². The van der Waals surface area contributed by atoms with Crippen molar-refractivity contribution in [3.63, 3.8) is 0 Å². The van der Waals surface area contributed by atoms with Crippen LogP contribution in [-0.2, 0) is 6.54 Å². The Bertz CT molecular complexity index is 1300. The highest BCUT2D eigenvalue weighted by Gasteiger charge is 2.22. The maximum Gasteiger partial charge on any atom is 0.258 e. The van der Waals surface area contributed by atoms with E-state index in [9.17, 15) is 9.59 Å². The average molecular weight is 396 g/mol. The topological polar surface area (TPSA) is 53.2 Å². The van der Waals surface area contributed by atoms with Crippen molar-refractivity contribution in [2.45, 2.75) is 27.3 Å². The van der Waals surface area contributed by atoms with Crippen LogP contribution in [0.25, 0.3) is 10.9 Å². The highest BCUT2D eigenvalue weighted by Crippen LogP contribution is 2.26. The molecule has 0 aliphatic carbocycles. The van der Waals surface area contributed by atoms with Gasteiger partial charge in [0.1, 0.15) is 0 Å². The van der Waals surface area contributed by atoms with Gasteiger partial charge in [-0.15, -0.1) is 0 Å². The van der Waals surface area contributed by atoms with E-state index in [2.05, 4.69) is 11.1 Å². The Morgan fingerprint density at radius 3 is 2.37 bits per heavy atom. The minimum absolute atomic E-state index is 0.118. The zero-order valence-corrected chi connectivity index (χ0v) is 17.4. The second-order valence-corrected chi connectivity index (χ2v) is 7.71. The maximum atomic E-state index is 13.6. The summed E-state index contributed by atoms with van der Waals surface area (Å²) in [6, 6.07) is 23.1. The second kappa shape index (κ2) is 7.99. The van der Waals surface area contributed by atoms with Crippen LogP contribution in [0.2, 0.25) is 0 Å². The van der Waals surface area contributed by atoms with Crippen molar-refractivity contribution in [3.05, 3.63) is 111 Å². The summed E-state index contributed by atoms with van der Waals surface area (Å²) in [5.74, 6) is -0.118. The van der Waals surface area contributed by atoms with Crippen LogP contribution in [0.1, 0.15) is 32.6 Å². The minimum Gasteiger partial charge on any atom is -0.322 e. The number of aryl methyl sites for hydroxylation is 3. The van der Waals surface area contributed by atoms with Crippen LogP contribution in [0.4, 0.5) is 5.69 Å². The molecule has 3 aromatic carbocycles. The van der Waals surface area contributed by atoms with Gasteiger partial charge in [0.2, 0.25) is 0 Å². The van der Waals surface area contributed by atoms with E-state index in [1.54, 1.807) is 4.90 Å². The van der Waals surface area contributed by atoms with E-state index in [-0.39, 0.29) is 18.0 Å². The summed E-state index contributed by atoms with van der Waals surface area (Å²) in [5.41, 5.74) is 5.63. The predicted octanol–water partition coefficient (Wildman–Crippen LogP) is 5.30. The number of carbonyl (C=O) groups is 1. The number of nitrogens with zero attached hydrogens (tertiary/aromatic N) is 1. The predicted molar refractivity (Wildman–Crippen MR) is 122 cm³/mol. The number of para-hydroxylation sites is 1. The van der Waals surface area contributed by atoms with E-state index in [0.717, 1.165) is 33.3 Å². The van der Waals surface area contributed by atoms with E-state index >= 15 is 0 Å². The summed E-state index contributed by atoms with van der Waals surface area (Å²) in [7, 11) is 0. The molecule has 0 aliphatic heterocycles. The molecular weight excluding hydrogens is 372 g/mol. The monoisotopic (exact) mass is 396 g/mol. The first-order chi connectivity index (χ1) is 14.4. The van der Waals surface area contributed by atoms with Crippen LogP contribution >= 0.6 is 0 Å². The molecule has 150 valence electrons. The van der Waals surface area contributed by atoms with Crippen molar-refractivity contribution in [2.75, 3.05) is 4.90 Å². The lowest BCUT2D eigenvalue weighted by Crippen LogP contribution is -2.33. The Kier molecular flexibility index (Phi) is 5.23. The molecule has 1 aromatic heterocycles. The van der Waals surface area contributed by atoms with Crippen molar-refractivity contribution >= 4 is 22.5 Å². The molecule has 0 atom stereocenters. The number of hydrogen-bond acceptors (Lipinski definition) is 2. The Morgan fingerprint density at radius 2 is 1.60 bits per heavy atom. The van der Waals surface area contributed by atoms with Gasteiger partial charge in [0.15, 0.2) is 0 Å². The molecule has 4 aromatic rings. The van der Waals surface area contributed by atoms with Gasteiger partial charge in [-0.25, -0.2) is 0 Å². The van der Waals surface area contributed by atoms with Gasteiger partial charge in [0, 0.05) is 22.3 Å².